The Labute approximate surface area is 139 Å². The van der Waals surface area contributed by atoms with E-state index in [2.05, 4.69) is 23.8 Å². The van der Waals surface area contributed by atoms with Gasteiger partial charge in [-0.3, -0.25) is 4.79 Å². The molecular weight excluding hydrogens is 288 g/mol. The number of carbonyl (C=O) groups is 1. The molecule has 126 valence electrons. The van der Waals surface area contributed by atoms with Crippen LogP contribution in [0.25, 0.3) is 0 Å². The summed E-state index contributed by atoms with van der Waals surface area (Å²) in [7, 11) is 3.87. The molecular formula is C19H28N2O2. The number of para-hydroxylation sites is 1. The van der Waals surface area contributed by atoms with Gasteiger partial charge in [-0.2, -0.15) is 0 Å². The molecule has 23 heavy (non-hydrogen) atoms. The molecule has 2 aliphatic heterocycles. The zero-order valence-electron chi connectivity index (χ0n) is 14.5. The number of methoxy groups -OCH3 is 1. The molecule has 1 aromatic rings. The topological polar surface area (TPSA) is 32.8 Å². The molecule has 2 heterocycles. The van der Waals surface area contributed by atoms with E-state index < -0.39 is 0 Å². The zero-order chi connectivity index (χ0) is 16.4. The molecule has 0 radical (unpaired) electrons. The Bertz CT molecular complexity index is 574. The first-order valence-electron chi connectivity index (χ1n) is 8.69. The molecule has 1 aromatic carbocycles. The minimum absolute atomic E-state index is 0.0235. The van der Waals surface area contributed by atoms with Gasteiger partial charge in [-0.05, 0) is 52.3 Å². The van der Waals surface area contributed by atoms with E-state index in [1.807, 2.05) is 24.3 Å². The number of benzene rings is 1. The largest absolute Gasteiger partial charge is 0.496 e. The SMILES string of the molecule is COc1ccccc1CC(=O)N1CCC[C@@H]2N(C)CCC[C@@]21C. The zero-order valence-corrected chi connectivity index (χ0v) is 14.5. The van der Waals surface area contributed by atoms with Crippen molar-refractivity contribution in [3.63, 3.8) is 0 Å². The molecule has 4 nitrogen and oxygen atoms in total. The molecule has 1 amide bonds. The minimum atomic E-state index is -0.0235. The van der Waals surface area contributed by atoms with Crippen molar-refractivity contribution in [2.45, 2.75) is 50.6 Å². The van der Waals surface area contributed by atoms with Crippen molar-refractivity contribution >= 4 is 5.91 Å². The molecule has 4 heteroatoms. The van der Waals surface area contributed by atoms with Crippen LogP contribution in [-0.2, 0) is 11.2 Å². The molecule has 2 fully saturated rings. The Balaban J connectivity index is 1.81. The van der Waals surface area contributed by atoms with E-state index in [1.54, 1.807) is 7.11 Å². The highest BCUT2D eigenvalue weighted by atomic mass is 16.5. The average Bonchev–Trinajstić information content (AvgIpc) is 2.54. The number of amides is 1. The van der Waals surface area contributed by atoms with Gasteiger partial charge in [0.2, 0.25) is 5.91 Å². The summed E-state index contributed by atoms with van der Waals surface area (Å²) in [5.74, 6) is 1.04. The summed E-state index contributed by atoms with van der Waals surface area (Å²) in [6.07, 6.45) is 5.01. The van der Waals surface area contributed by atoms with Gasteiger partial charge >= 0.3 is 0 Å². The van der Waals surface area contributed by atoms with Crippen LogP contribution >= 0.6 is 0 Å². The molecule has 0 unspecified atom stereocenters. The highest BCUT2D eigenvalue weighted by molar-refractivity contribution is 5.80. The van der Waals surface area contributed by atoms with Gasteiger partial charge in [0.15, 0.2) is 0 Å². The average molecular weight is 316 g/mol. The van der Waals surface area contributed by atoms with Gasteiger partial charge in [0.1, 0.15) is 5.75 Å². The Hall–Kier alpha value is -1.55. The monoisotopic (exact) mass is 316 g/mol. The fourth-order valence-electron chi connectivity index (χ4n) is 4.54. The van der Waals surface area contributed by atoms with Gasteiger partial charge in [0.25, 0.3) is 0 Å². The van der Waals surface area contributed by atoms with Crippen molar-refractivity contribution in [3.05, 3.63) is 29.8 Å². The maximum absolute atomic E-state index is 13.1. The number of ether oxygens (including phenoxy) is 1. The predicted octanol–water partition coefficient (Wildman–Crippen LogP) is 2.71. The van der Waals surface area contributed by atoms with Gasteiger partial charge in [0.05, 0.1) is 19.1 Å². The summed E-state index contributed by atoms with van der Waals surface area (Å²) in [6.45, 7) is 4.32. The molecule has 0 spiro atoms. The van der Waals surface area contributed by atoms with Crippen LogP contribution in [0.3, 0.4) is 0 Å². The van der Waals surface area contributed by atoms with Gasteiger partial charge in [-0.25, -0.2) is 0 Å². The van der Waals surface area contributed by atoms with Crippen LogP contribution in [0, 0.1) is 0 Å². The minimum Gasteiger partial charge on any atom is -0.496 e. The fraction of sp³-hybridized carbons (Fsp3) is 0.632. The first-order chi connectivity index (χ1) is 11.1. The number of fused-ring (bicyclic) bond motifs is 1. The Morgan fingerprint density at radius 3 is 2.87 bits per heavy atom. The molecule has 2 saturated heterocycles. The summed E-state index contributed by atoms with van der Waals surface area (Å²) in [6, 6.07) is 8.33. The summed E-state index contributed by atoms with van der Waals surface area (Å²) in [4.78, 5) is 17.7. The number of rotatable bonds is 3. The number of nitrogens with zero attached hydrogens (tertiary/aromatic N) is 2. The highest BCUT2D eigenvalue weighted by Crippen LogP contribution is 2.38. The van der Waals surface area contributed by atoms with E-state index >= 15 is 0 Å². The van der Waals surface area contributed by atoms with Gasteiger partial charge in [-0.1, -0.05) is 18.2 Å². The van der Waals surface area contributed by atoms with Crippen molar-refractivity contribution in [2.24, 2.45) is 0 Å². The van der Waals surface area contributed by atoms with E-state index in [1.165, 1.54) is 12.8 Å². The number of likely N-dealkylation sites (tertiary alicyclic amines) is 2. The molecule has 0 bridgehead atoms. The molecule has 2 atom stereocenters. The van der Waals surface area contributed by atoms with Crippen LogP contribution in [0.5, 0.6) is 5.75 Å². The molecule has 0 saturated carbocycles. The maximum atomic E-state index is 13.1. The van der Waals surface area contributed by atoms with Crippen LogP contribution in [0.2, 0.25) is 0 Å². The highest BCUT2D eigenvalue weighted by Gasteiger charge is 2.47. The van der Waals surface area contributed by atoms with Crippen LogP contribution in [0.15, 0.2) is 24.3 Å². The van der Waals surface area contributed by atoms with Crippen LogP contribution in [0.4, 0.5) is 0 Å². The summed E-state index contributed by atoms with van der Waals surface area (Å²) < 4.78 is 5.40. The number of carbonyl (C=O) groups excluding carboxylic acids is 1. The van der Waals surface area contributed by atoms with Crippen LogP contribution in [-0.4, -0.2) is 54.5 Å². The number of likely N-dealkylation sites (N-methyl/N-ethyl adjacent to an activating group) is 1. The quantitative estimate of drug-likeness (QED) is 0.859. The predicted molar refractivity (Wildman–Crippen MR) is 91.7 cm³/mol. The maximum Gasteiger partial charge on any atom is 0.227 e. The van der Waals surface area contributed by atoms with Gasteiger partial charge < -0.3 is 14.5 Å². The third-order valence-electron chi connectivity index (χ3n) is 5.75. The first kappa shape index (κ1) is 16.3. The lowest BCUT2D eigenvalue weighted by Gasteiger charge is -2.56. The molecule has 3 rings (SSSR count). The van der Waals surface area contributed by atoms with Gasteiger partial charge in [0, 0.05) is 18.2 Å². The fourth-order valence-corrected chi connectivity index (χ4v) is 4.54. The molecule has 0 aromatic heterocycles. The lowest BCUT2D eigenvalue weighted by atomic mass is 9.76. The van der Waals surface area contributed by atoms with Crippen molar-refractivity contribution in [1.82, 2.24) is 9.80 Å². The van der Waals surface area contributed by atoms with Gasteiger partial charge in [-0.15, -0.1) is 0 Å². The Kier molecular flexibility index (Phi) is 4.62. The number of hydrogen-bond donors (Lipinski definition) is 0. The Morgan fingerprint density at radius 2 is 2.09 bits per heavy atom. The van der Waals surface area contributed by atoms with Crippen molar-refractivity contribution in [2.75, 3.05) is 27.2 Å². The van der Waals surface area contributed by atoms with E-state index in [0.29, 0.717) is 12.5 Å². The second kappa shape index (κ2) is 6.52. The number of hydrogen-bond acceptors (Lipinski definition) is 3. The van der Waals surface area contributed by atoms with E-state index in [0.717, 1.165) is 37.2 Å². The molecule has 0 aliphatic carbocycles. The third-order valence-corrected chi connectivity index (χ3v) is 5.75. The van der Waals surface area contributed by atoms with E-state index in [4.69, 9.17) is 4.74 Å². The lowest BCUT2D eigenvalue weighted by molar-refractivity contribution is -0.145. The van der Waals surface area contributed by atoms with E-state index in [-0.39, 0.29) is 11.4 Å². The van der Waals surface area contributed by atoms with Crippen molar-refractivity contribution in [1.29, 1.82) is 0 Å². The van der Waals surface area contributed by atoms with E-state index in [9.17, 15) is 4.79 Å². The van der Waals surface area contributed by atoms with Crippen molar-refractivity contribution < 1.29 is 9.53 Å². The smallest absolute Gasteiger partial charge is 0.227 e. The van der Waals surface area contributed by atoms with Crippen molar-refractivity contribution in [3.8, 4) is 5.75 Å². The Morgan fingerprint density at radius 1 is 1.30 bits per heavy atom. The third kappa shape index (κ3) is 2.97. The second-order valence-electron chi connectivity index (χ2n) is 7.13. The standard InChI is InChI=1S/C19H28N2O2/c1-19-11-7-12-20(2)17(19)10-6-13-21(19)18(22)14-15-8-4-5-9-16(15)23-3/h4-5,8-9,17H,6-7,10-14H2,1-3H3/t17-,19-/m0/s1. The van der Waals surface area contributed by atoms with Crippen LogP contribution in [0.1, 0.15) is 38.2 Å². The second-order valence-corrected chi connectivity index (χ2v) is 7.13. The summed E-state index contributed by atoms with van der Waals surface area (Å²) in [5.41, 5.74) is 0.958. The normalized spacial score (nSPS) is 28.3. The summed E-state index contributed by atoms with van der Waals surface area (Å²) >= 11 is 0. The van der Waals surface area contributed by atoms with Crippen LogP contribution < -0.4 is 4.74 Å². The molecule has 0 N–H and O–H groups in total. The first-order valence-corrected chi connectivity index (χ1v) is 8.69. The summed E-state index contributed by atoms with van der Waals surface area (Å²) in [5, 5.41) is 0. The lowest BCUT2D eigenvalue weighted by Crippen LogP contribution is -2.66. The molecule has 2 aliphatic rings. The number of piperidine rings is 2.